The van der Waals surface area contributed by atoms with Gasteiger partial charge in [-0.2, -0.15) is 10.2 Å². The van der Waals surface area contributed by atoms with Gasteiger partial charge >= 0.3 is 0 Å². The number of H-pyrrole nitrogens is 1. The zero-order chi connectivity index (χ0) is 23.8. The van der Waals surface area contributed by atoms with Crippen molar-refractivity contribution in [1.82, 2.24) is 25.0 Å². The first-order chi connectivity index (χ1) is 15.6. The van der Waals surface area contributed by atoms with Crippen molar-refractivity contribution in [3.8, 4) is 5.75 Å². The highest BCUT2D eigenvalue weighted by Gasteiger charge is 2.20. The lowest BCUT2D eigenvalue weighted by Gasteiger charge is -2.17. The van der Waals surface area contributed by atoms with E-state index < -0.39 is 17.6 Å². The molecule has 0 aliphatic carbocycles. The number of aliphatic hydroxyl groups is 1. The van der Waals surface area contributed by atoms with Crippen LogP contribution in [-0.2, 0) is 6.54 Å². The van der Waals surface area contributed by atoms with E-state index >= 15 is 0 Å². The number of carbonyl (C=O) groups is 1. The van der Waals surface area contributed by atoms with Crippen LogP contribution in [0.5, 0.6) is 5.75 Å². The van der Waals surface area contributed by atoms with Gasteiger partial charge in [-0.3, -0.25) is 19.6 Å². The molecule has 3 N–H and O–H groups in total. The number of nitrogens with zero attached hydrogens (tertiary/aromatic N) is 4. The molecule has 11 heteroatoms. The van der Waals surface area contributed by atoms with Crippen molar-refractivity contribution in [3.63, 3.8) is 0 Å². The van der Waals surface area contributed by atoms with Gasteiger partial charge in [0.15, 0.2) is 5.69 Å². The summed E-state index contributed by atoms with van der Waals surface area (Å²) in [6.45, 7) is 5.48. The molecule has 1 aromatic carbocycles. The van der Waals surface area contributed by atoms with Crippen LogP contribution in [0.3, 0.4) is 0 Å². The predicted octanol–water partition coefficient (Wildman–Crippen LogP) is 4.62. The summed E-state index contributed by atoms with van der Waals surface area (Å²) in [7, 11) is 0. The number of nitrogens with one attached hydrogen (secondary N) is 2. The van der Waals surface area contributed by atoms with Gasteiger partial charge in [0.25, 0.3) is 5.91 Å². The number of aromatic nitrogens is 5. The summed E-state index contributed by atoms with van der Waals surface area (Å²) in [5, 5.41) is 25.3. The largest absolute Gasteiger partial charge is 0.486 e. The lowest BCUT2D eigenvalue weighted by atomic mass is 10.1. The monoisotopic (exact) mass is 488 g/mol. The van der Waals surface area contributed by atoms with E-state index in [9.17, 15) is 9.90 Å². The number of fused-ring (bicyclic) bond motifs is 1. The van der Waals surface area contributed by atoms with Crippen molar-refractivity contribution < 1.29 is 14.6 Å². The molecule has 172 valence electrons. The van der Waals surface area contributed by atoms with Gasteiger partial charge in [0.2, 0.25) is 0 Å². The number of aromatic amines is 1. The number of hydrogen-bond donors (Lipinski definition) is 3. The molecule has 3 aromatic heterocycles. The SMILES string of the molecule is CC(Oc1ccc2[nH]nc(C(=O)Nc3cnn(CC(C)(C)O)c3)c2c1)c1c(Cl)cncc1Cl. The second-order valence-corrected chi connectivity index (χ2v) is 9.06. The molecule has 1 unspecified atom stereocenters. The fourth-order valence-corrected chi connectivity index (χ4v) is 4.09. The van der Waals surface area contributed by atoms with E-state index in [1.165, 1.54) is 18.6 Å². The van der Waals surface area contributed by atoms with Crippen molar-refractivity contribution in [3.05, 3.63) is 64.3 Å². The fraction of sp³-hybridized carbons (Fsp3) is 0.273. The standard InChI is InChI=1S/C22H22Cl2N6O3/c1-12(19-16(23)8-25-9-17(19)24)33-14-4-5-18-15(6-14)20(29-28-18)21(31)27-13-7-26-30(10-13)11-22(2,3)32/h4-10,12,32H,11H2,1-3H3,(H,27,31)(H,28,29). The van der Waals surface area contributed by atoms with E-state index in [1.54, 1.807) is 42.9 Å². The van der Waals surface area contributed by atoms with Crippen molar-refractivity contribution in [2.75, 3.05) is 5.32 Å². The van der Waals surface area contributed by atoms with Gasteiger partial charge in [0.1, 0.15) is 11.9 Å². The van der Waals surface area contributed by atoms with Gasteiger partial charge in [-0.1, -0.05) is 23.2 Å². The Morgan fingerprint density at radius 3 is 2.70 bits per heavy atom. The number of ether oxygens (including phenoxy) is 1. The maximum atomic E-state index is 12.9. The molecule has 3 heterocycles. The highest BCUT2D eigenvalue weighted by Crippen LogP contribution is 2.33. The lowest BCUT2D eigenvalue weighted by Crippen LogP contribution is -2.26. The van der Waals surface area contributed by atoms with Crippen LogP contribution < -0.4 is 10.1 Å². The van der Waals surface area contributed by atoms with Gasteiger partial charge in [-0.15, -0.1) is 0 Å². The molecule has 0 aliphatic heterocycles. The van der Waals surface area contributed by atoms with Crippen molar-refractivity contribution in [1.29, 1.82) is 0 Å². The third-order valence-electron chi connectivity index (χ3n) is 4.80. The number of carbonyl (C=O) groups excluding carboxylic acids is 1. The Labute approximate surface area is 199 Å². The summed E-state index contributed by atoms with van der Waals surface area (Å²) >= 11 is 12.5. The average molecular weight is 489 g/mol. The van der Waals surface area contributed by atoms with Gasteiger partial charge in [-0.05, 0) is 39.0 Å². The number of hydrogen-bond acceptors (Lipinski definition) is 6. The van der Waals surface area contributed by atoms with E-state index in [-0.39, 0.29) is 5.69 Å². The van der Waals surface area contributed by atoms with E-state index in [0.29, 0.717) is 44.5 Å². The Hall–Kier alpha value is -3.14. The lowest BCUT2D eigenvalue weighted by molar-refractivity contribution is 0.0577. The minimum atomic E-state index is -0.927. The topological polar surface area (TPSA) is 118 Å². The maximum Gasteiger partial charge on any atom is 0.276 e. The number of benzene rings is 1. The van der Waals surface area contributed by atoms with Crippen LogP contribution >= 0.6 is 23.2 Å². The normalized spacial score (nSPS) is 12.7. The zero-order valence-electron chi connectivity index (χ0n) is 18.1. The Balaban J connectivity index is 1.54. The first-order valence-electron chi connectivity index (χ1n) is 10.1. The second-order valence-electron chi connectivity index (χ2n) is 8.25. The highest BCUT2D eigenvalue weighted by molar-refractivity contribution is 6.35. The molecule has 0 saturated carbocycles. The highest BCUT2D eigenvalue weighted by atomic mass is 35.5. The smallest absolute Gasteiger partial charge is 0.276 e. The maximum absolute atomic E-state index is 12.9. The summed E-state index contributed by atoms with van der Waals surface area (Å²) in [5.74, 6) is 0.113. The summed E-state index contributed by atoms with van der Waals surface area (Å²) in [4.78, 5) is 16.8. The minimum Gasteiger partial charge on any atom is -0.486 e. The molecular formula is C22H22Cl2N6O3. The third kappa shape index (κ3) is 5.27. The van der Waals surface area contributed by atoms with Gasteiger partial charge < -0.3 is 15.2 Å². The number of anilines is 1. The summed E-state index contributed by atoms with van der Waals surface area (Å²) in [6.07, 6.45) is 5.72. The molecule has 0 fully saturated rings. The van der Waals surface area contributed by atoms with Gasteiger partial charge in [0, 0.05) is 29.5 Å². The van der Waals surface area contributed by atoms with Crippen LogP contribution in [0.2, 0.25) is 10.0 Å². The van der Waals surface area contributed by atoms with Crippen molar-refractivity contribution >= 4 is 45.7 Å². The summed E-state index contributed by atoms with van der Waals surface area (Å²) in [6, 6.07) is 5.27. The quantitative estimate of drug-likeness (QED) is 0.349. The third-order valence-corrected chi connectivity index (χ3v) is 5.40. The van der Waals surface area contributed by atoms with Crippen LogP contribution in [0.4, 0.5) is 5.69 Å². The van der Waals surface area contributed by atoms with E-state index in [1.807, 2.05) is 6.92 Å². The van der Waals surface area contributed by atoms with Crippen LogP contribution in [0.1, 0.15) is 42.9 Å². The number of amides is 1. The minimum absolute atomic E-state index is 0.207. The van der Waals surface area contributed by atoms with E-state index in [0.717, 1.165) is 0 Å². The summed E-state index contributed by atoms with van der Waals surface area (Å²) < 4.78 is 7.59. The molecule has 0 radical (unpaired) electrons. The first kappa shape index (κ1) is 23.0. The Kier molecular flexibility index (Phi) is 6.29. The molecule has 0 aliphatic rings. The average Bonchev–Trinajstić information content (AvgIpc) is 3.32. The van der Waals surface area contributed by atoms with Crippen molar-refractivity contribution in [2.24, 2.45) is 0 Å². The van der Waals surface area contributed by atoms with E-state index in [2.05, 4.69) is 25.6 Å². The molecular weight excluding hydrogens is 467 g/mol. The molecule has 4 rings (SSSR count). The zero-order valence-corrected chi connectivity index (χ0v) is 19.6. The molecule has 0 bridgehead atoms. The molecule has 9 nitrogen and oxygen atoms in total. The van der Waals surface area contributed by atoms with Crippen LogP contribution in [0.25, 0.3) is 10.9 Å². The molecule has 0 spiro atoms. The van der Waals surface area contributed by atoms with Gasteiger partial charge in [0.05, 0.1) is 39.6 Å². The molecule has 1 atom stereocenters. The predicted molar refractivity (Wildman–Crippen MR) is 126 cm³/mol. The molecule has 4 aromatic rings. The van der Waals surface area contributed by atoms with Crippen molar-refractivity contribution in [2.45, 2.75) is 39.0 Å². The van der Waals surface area contributed by atoms with Crippen LogP contribution in [0.15, 0.2) is 43.0 Å². The molecule has 0 saturated heterocycles. The first-order valence-corrected chi connectivity index (χ1v) is 10.9. The molecule has 33 heavy (non-hydrogen) atoms. The fourth-order valence-electron chi connectivity index (χ4n) is 3.41. The molecule has 1 amide bonds. The number of rotatable bonds is 7. The Morgan fingerprint density at radius 1 is 1.27 bits per heavy atom. The van der Waals surface area contributed by atoms with Gasteiger partial charge in [-0.25, -0.2) is 0 Å². The van der Waals surface area contributed by atoms with Crippen LogP contribution in [-0.4, -0.2) is 41.6 Å². The number of halogens is 2. The summed E-state index contributed by atoms with van der Waals surface area (Å²) in [5.41, 5.74) is 1.07. The second kappa shape index (κ2) is 9.01. The van der Waals surface area contributed by atoms with E-state index in [4.69, 9.17) is 27.9 Å². The Morgan fingerprint density at radius 2 is 2.00 bits per heavy atom. The Bertz CT molecular complexity index is 1290. The van der Waals surface area contributed by atoms with Crippen LogP contribution in [0, 0.1) is 0 Å². The number of pyridine rings is 1.